The predicted molar refractivity (Wildman–Crippen MR) is 106 cm³/mol. The molecule has 9 heteroatoms. The molecule has 0 unspecified atom stereocenters. The lowest BCUT2D eigenvalue weighted by atomic mass is 10.6. The smallest absolute Gasteiger partial charge is 0.302 e. The first kappa shape index (κ1) is 36.5. The van der Waals surface area contributed by atoms with Gasteiger partial charge in [0.15, 0.2) is 0 Å². The summed E-state index contributed by atoms with van der Waals surface area (Å²) in [5, 5.41) is 0. The van der Waals surface area contributed by atoms with E-state index in [4.69, 9.17) is 0 Å². The Labute approximate surface area is 169 Å². The van der Waals surface area contributed by atoms with Crippen LogP contribution in [0.1, 0.15) is 69.2 Å². The molecule has 0 amide bonds. The van der Waals surface area contributed by atoms with Crippen LogP contribution < -0.4 is 0 Å². The average Bonchev–Trinajstić information content (AvgIpc) is 2.47. The molecule has 168 valence electrons. The van der Waals surface area contributed by atoms with Crippen molar-refractivity contribution in [1.82, 2.24) is 0 Å². The minimum absolute atomic E-state index is 0.167. The van der Waals surface area contributed by atoms with Gasteiger partial charge in [-0.3, -0.25) is 19.2 Å². The van der Waals surface area contributed by atoms with Crippen molar-refractivity contribution in [2.45, 2.75) is 69.2 Å². The zero-order chi connectivity index (χ0) is 23.5. The Hall–Kier alpha value is -2.45. The van der Waals surface area contributed by atoms with Crippen molar-refractivity contribution < 1.29 is 42.9 Å². The van der Waals surface area contributed by atoms with E-state index in [1.54, 1.807) is 27.7 Å². The first-order chi connectivity index (χ1) is 12.8. The molecule has 0 aliphatic heterocycles. The van der Waals surface area contributed by atoms with Crippen LogP contribution in [0.5, 0.6) is 0 Å². The zero-order valence-corrected chi connectivity index (χ0v) is 19.0. The van der Waals surface area contributed by atoms with Crippen molar-refractivity contribution in [3.63, 3.8) is 0 Å². The molecule has 0 saturated carbocycles. The third kappa shape index (κ3) is 131. The Balaban J connectivity index is -0.0000000793. The van der Waals surface area contributed by atoms with Crippen molar-refractivity contribution in [2.75, 3.05) is 26.4 Å². The molecule has 0 saturated heterocycles. The lowest BCUT2D eigenvalue weighted by molar-refractivity contribution is -0.141. The maximum Gasteiger partial charge on any atom is 0.302 e. The van der Waals surface area contributed by atoms with E-state index in [9.17, 15) is 24.0 Å². The van der Waals surface area contributed by atoms with Crippen molar-refractivity contribution in [3.05, 3.63) is 0 Å². The van der Waals surface area contributed by atoms with E-state index in [-0.39, 0.29) is 29.7 Å². The maximum absolute atomic E-state index is 9.82. The Morgan fingerprint density at radius 2 is 0.536 bits per heavy atom. The molecule has 0 fully saturated rings. The van der Waals surface area contributed by atoms with Gasteiger partial charge in [-0.25, -0.2) is 0 Å². The highest BCUT2D eigenvalue weighted by Crippen LogP contribution is 1.71. The Kier molecular flexibility index (Phi) is 42.0. The second-order valence-corrected chi connectivity index (χ2v) is 4.61. The SMILES string of the molecule is CC(C)=O.CCOC(C)=O.CCOC(C)=O.CCOC(C)=O.CCOC(C)=O. The number of hydrogen-bond donors (Lipinski definition) is 0. The van der Waals surface area contributed by atoms with Crippen LogP contribution in [0.4, 0.5) is 0 Å². The molecule has 9 nitrogen and oxygen atoms in total. The summed E-state index contributed by atoms with van der Waals surface area (Å²) in [6, 6.07) is 0. The number of carbonyl (C=O) groups is 5. The fourth-order valence-electron chi connectivity index (χ4n) is 0.813. The van der Waals surface area contributed by atoms with Crippen LogP contribution in [0.15, 0.2) is 0 Å². The van der Waals surface area contributed by atoms with Gasteiger partial charge >= 0.3 is 23.9 Å². The number of Topliss-reactive ketones (excluding diaryl/α,β-unsaturated/α-hetero) is 1. The van der Waals surface area contributed by atoms with E-state index in [0.717, 1.165) is 0 Å². The molecule has 0 radical (unpaired) electrons. The van der Waals surface area contributed by atoms with Gasteiger partial charge in [-0.1, -0.05) is 0 Å². The first-order valence-electron chi connectivity index (χ1n) is 8.82. The summed E-state index contributed by atoms with van der Waals surface area (Å²) in [7, 11) is 0. The third-order valence-electron chi connectivity index (χ3n) is 1.39. The molecule has 0 atom stereocenters. The van der Waals surface area contributed by atoms with Gasteiger partial charge in [0.2, 0.25) is 0 Å². The van der Waals surface area contributed by atoms with Crippen LogP contribution in [0.25, 0.3) is 0 Å². The number of ether oxygens (including phenoxy) is 4. The second-order valence-electron chi connectivity index (χ2n) is 4.61. The molecule has 0 bridgehead atoms. The lowest BCUT2D eigenvalue weighted by Gasteiger charge is -1.89. The summed E-state index contributed by atoms with van der Waals surface area (Å²) in [6.07, 6.45) is 0. The van der Waals surface area contributed by atoms with Crippen LogP contribution in [-0.4, -0.2) is 56.1 Å². The lowest BCUT2D eigenvalue weighted by Crippen LogP contribution is -1.95. The minimum atomic E-state index is -0.211. The van der Waals surface area contributed by atoms with Crippen molar-refractivity contribution >= 4 is 29.7 Å². The predicted octanol–water partition coefficient (Wildman–Crippen LogP) is 2.87. The van der Waals surface area contributed by atoms with Crippen molar-refractivity contribution in [3.8, 4) is 0 Å². The summed E-state index contributed by atoms with van der Waals surface area (Å²) >= 11 is 0. The van der Waals surface area contributed by atoms with Gasteiger partial charge in [-0.2, -0.15) is 0 Å². The van der Waals surface area contributed by atoms with Crippen LogP contribution in [0, 0.1) is 0 Å². The molecule has 0 heterocycles. The molecule has 28 heavy (non-hydrogen) atoms. The largest absolute Gasteiger partial charge is 0.466 e. The molecular formula is C19H38O9. The van der Waals surface area contributed by atoms with Gasteiger partial charge < -0.3 is 23.7 Å². The number of ketones is 1. The molecule has 0 aliphatic rings. The normalized spacial score (nSPS) is 7.50. The molecular weight excluding hydrogens is 372 g/mol. The molecule has 0 N–H and O–H groups in total. The number of hydrogen-bond acceptors (Lipinski definition) is 9. The zero-order valence-electron chi connectivity index (χ0n) is 19.0. The highest BCUT2D eigenvalue weighted by molar-refractivity contribution is 5.72. The number of carbonyl (C=O) groups excluding carboxylic acids is 5. The van der Waals surface area contributed by atoms with E-state index in [2.05, 4.69) is 18.9 Å². The Morgan fingerprint density at radius 1 is 0.429 bits per heavy atom. The highest BCUT2D eigenvalue weighted by atomic mass is 16.5. The summed E-state index contributed by atoms with van der Waals surface area (Å²) in [5.41, 5.74) is 0. The summed E-state index contributed by atoms with van der Waals surface area (Å²) < 4.78 is 17.6. The van der Waals surface area contributed by atoms with Crippen LogP contribution >= 0.6 is 0 Å². The molecule has 0 aromatic carbocycles. The van der Waals surface area contributed by atoms with Crippen LogP contribution in [0.3, 0.4) is 0 Å². The van der Waals surface area contributed by atoms with Gasteiger partial charge in [0, 0.05) is 27.7 Å². The van der Waals surface area contributed by atoms with Gasteiger partial charge in [-0.05, 0) is 41.5 Å². The van der Waals surface area contributed by atoms with E-state index < -0.39 is 0 Å². The maximum atomic E-state index is 9.82. The topological polar surface area (TPSA) is 122 Å². The fraction of sp³-hybridized carbons (Fsp3) is 0.737. The van der Waals surface area contributed by atoms with Crippen molar-refractivity contribution in [1.29, 1.82) is 0 Å². The van der Waals surface area contributed by atoms with E-state index in [0.29, 0.717) is 26.4 Å². The van der Waals surface area contributed by atoms with E-state index in [1.807, 2.05) is 0 Å². The summed E-state index contributed by atoms with van der Waals surface area (Å²) in [5.74, 6) is -0.676. The summed E-state index contributed by atoms with van der Waals surface area (Å²) in [6.45, 7) is 17.7. The number of esters is 4. The van der Waals surface area contributed by atoms with Crippen LogP contribution in [-0.2, 0) is 42.9 Å². The fourth-order valence-corrected chi connectivity index (χ4v) is 0.813. The van der Waals surface area contributed by atoms with E-state index in [1.165, 1.54) is 41.5 Å². The molecule has 0 aromatic heterocycles. The average molecular weight is 411 g/mol. The second kappa shape index (κ2) is 32.2. The van der Waals surface area contributed by atoms with Gasteiger partial charge in [0.1, 0.15) is 5.78 Å². The quantitative estimate of drug-likeness (QED) is 0.508. The first-order valence-corrected chi connectivity index (χ1v) is 8.82. The van der Waals surface area contributed by atoms with Crippen LogP contribution in [0.2, 0.25) is 0 Å². The van der Waals surface area contributed by atoms with Crippen molar-refractivity contribution in [2.24, 2.45) is 0 Å². The molecule has 0 rings (SSSR count). The van der Waals surface area contributed by atoms with Gasteiger partial charge in [0.25, 0.3) is 0 Å². The third-order valence-corrected chi connectivity index (χ3v) is 1.39. The number of rotatable bonds is 4. The van der Waals surface area contributed by atoms with Gasteiger partial charge in [-0.15, -0.1) is 0 Å². The summed E-state index contributed by atoms with van der Waals surface area (Å²) in [4.78, 5) is 48.7. The van der Waals surface area contributed by atoms with E-state index >= 15 is 0 Å². The Bertz CT molecular complexity index is 336. The minimum Gasteiger partial charge on any atom is -0.466 e. The van der Waals surface area contributed by atoms with Gasteiger partial charge in [0.05, 0.1) is 26.4 Å². The standard InChI is InChI=1S/4C4H8O2.C3H6O/c4*1-3-6-4(2)5;1-3(2)4/h4*3H2,1-2H3;1-2H3. The monoisotopic (exact) mass is 410 g/mol. The molecule has 0 spiro atoms. The Morgan fingerprint density at radius 3 is 0.536 bits per heavy atom. The molecule has 0 aliphatic carbocycles. The molecule has 0 aromatic rings. The highest BCUT2D eigenvalue weighted by Gasteiger charge is 1.83.